The van der Waals surface area contributed by atoms with Gasteiger partial charge in [0.25, 0.3) is 21.9 Å². The van der Waals surface area contributed by atoms with E-state index < -0.39 is 21.9 Å². The maximum absolute atomic E-state index is 11.2. The molecule has 8 heteroatoms. The molecule has 1 fully saturated rings. The Morgan fingerprint density at radius 1 is 1.31 bits per heavy atom. The zero-order chi connectivity index (χ0) is 12.2. The molecule has 1 aliphatic rings. The molecule has 0 atom stereocenters. The molecule has 0 aromatic heterocycles. The third-order valence-electron chi connectivity index (χ3n) is 1.88. The number of rotatable bonds is 5. The number of morpholine rings is 1. The Hall–Kier alpha value is -0.990. The van der Waals surface area contributed by atoms with Crippen LogP contribution < -0.4 is 0 Å². The van der Waals surface area contributed by atoms with Crippen molar-refractivity contribution in [1.82, 2.24) is 4.90 Å². The normalized spacial score (nSPS) is 17.9. The standard InChI is InChI=1S/C8H13NO6S/c1-16(12,13)15-4-2-3-9-7(10)5-14-6-8(9)11/h2-6H2,1H3. The van der Waals surface area contributed by atoms with Crippen molar-refractivity contribution in [3.8, 4) is 0 Å². The number of carbonyl (C=O) groups excluding carboxylic acids is 2. The molecule has 7 nitrogen and oxygen atoms in total. The first kappa shape index (κ1) is 13.1. The van der Waals surface area contributed by atoms with Crippen LogP contribution in [0.15, 0.2) is 0 Å². The van der Waals surface area contributed by atoms with Crippen molar-refractivity contribution < 1.29 is 26.9 Å². The molecule has 1 heterocycles. The molecule has 2 amide bonds. The fourth-order valence-electron chi connectivity index (χ4n) is 1.20. The van der Waals surface area contributed by atoms with Crippen LogP contribution in [-0.2, 0) is 28.6 Å². The van der Waals surface area contributed by atoms with Crippen molar-refractivity contribution in [2.24, 2.45) is 0 Å². The minimum Gasteiger partial charge on any atom is -0.362 e. The summed E-state index contributed by atoms with van der Waals surface area (Å²) in [7, 11) is -3.47. The lowest BCUT2D eigenvalue weighted by molar-refractivity contribution is -0.158. The van der Waals surface area contributed by atoms with Gasteiger partial charge in [0.1, 0.15) is 13.2 Å². The fourth-order valence-corrected chi connectivity index (χ4v) is 1.62. The van der Waals surface area contributed by atoms with Gasteiger partial charge in [-0.15, -0.1) is 0 Å². The lowest BCUT2D eigenvalue weighted by Gasteiger charge is -2.24. The number of imide groups is 1. The van der Waals surface area contributed by atoms with E-state index >= 15 is 0 Å². The van der Waals surface area contributed by atoms with Crippen LogP contribution >= 0.6 is 0 Å². The number of nitrogens with zero attached hydrogens (tertiary/aromatic N) is 1. The van der Waals surface area contributed by atoms with Crippen molar-refractivity contribution >= 4 is 21.9 Å². The first-order valence-electron chi connectivity index (χ1n) is 4.65. The first-order valence-corrected chi connectivity index (χ1v) is 6.47. The molecule has 16 heavy (non-hydrogen) atoms. The van der Waals surface area contributed by atoms with E-state index in [0.717, 1.165) is 11.2 Å². The van der Waals surface area contributed by atoms with Crippen molar-refractivity contribution in [2.45, 2.75) is 6.42 Å². The predicted molar refractivity (Wildman–Crippen MR) is 53.0 cm³/mol. The highest BCUT2D eigenvalue weighted by Gasteiger charge is 2.25. The van der Waals surface area contributed by atoms with Gasteiger partial charge < -0.3 is 4.74 Å². The molecular weight excluding hydrogens is 238 g/mol. The molecule has 92 valence electrons. The molecule has 0 saturated carbocycles. The highest BCUT2D eigenvalue weighted by molar-refractivity contribution is 7.85. The maximum Gasteiger partial charge on any atom is 0.264 e. The Balaban J connectivity index is 2.31. The summed E-state index contributed by atoms with van der Waals surface area (Å²) >= 11 is 0. The minimum atomic E-state index is -3.47. The van der Waals surface area contributed by atoms with Gasteiger partial charge >= 0.3 is 0 Å². The maximum atomic E-state index is 11.2. The Labute approximate surface area is 93.4 Å². The molecule has 1 saturated heterocycles. The molecule has 0 N–H and O–H groups in total. The van der Waals surface area contributed by atoms with Gasteiger partial charge in [-0.25, -0.2) is 0 Å². The van der Waals surface area contributed by atoms with Gasteiger partial charge in [-0.1, -0.05) is 0 Å². The Kier molecular flexibility index (Phi) is 4.39. The molecule has 0 aromatic rings. The summed E-state index contributed by atoms with van der Waals surface area (Å²) in [5, 5.41) is 0. The van der Waals surface area contributed by atoms with Gasteiger partial charge in [0.05, 0.1) is 12.9 Å². The monoisotopic (exact) mass is 251 g/mol. The van der Waals surface area contributed by atoms with Gasteiger partial charge in [-0.2, -0.15) is 8.42 Å². The van der Waals surface area contributed by atoms with Gasteiger partial charge in [0.2, 0.25) is 0 Å². The minimum absolute atomic E-state index is 0.0449. The molecule has 0 aliphatic carbocycles. The van der Waals surface area contributed by atoms with Crippen LogP contribution in [0.25, 0.3) is 0 Å². The van der Waals surface area contributed by atoms with E-state index in [1.165, 1.54) is 0 Å². The third kappa shape index (κ3) is 4.25. The van der Waals surface area contributed by atoms with Crippen LogP contribution in [-0.4, -0.2) is 57.8 Å². The summed E-state index contributed by atoms with van der Waals surface area (Å²) in [6.45, 7) is -0.120. The Morgan fingerprint density at radius 2 is 1.88 bits per heavy atom. The molecular formula is C8H13NO6S. The van der Waals surface area contributed by atoms with E-state index in [4.69, 9.17) is 4.74 Å². The second kappa shape index (κ2) is 5.37. The number of hydrogen-bond acceptors (Lipinski definition) is 6. The van der Waals surface area contributed by atoms with Crippen molar-refractivity contribution in [2.75, 3.05) is 32.6 Å². The summed E-state index contributed by atoms with van der Waals surface area (Å²) in [5.41, 5.74) is 0. The van der Waals surface area contributed by atoms with Gasteiger partial charge in [-0.05, 0) is 6.42 Å². The molecule has 0 unspecified atom stereocenters. The van der Waals surface area contributed by atoms with Crippen LogP contribution in [0.2, 0.25) is 0 Å². The van der Waals surface area contributed by atoms with Crippen LogP contribution in [0.1, 0.15) is 6.42 Å². The van der Waals surface area contributed by atoms with E-state index in [9.17, 15) is 18.0 Å². The predicted octanol–water partition coefficient (Wildman–Crippen LogP) is -1.26. The number of amides is 2. The first-order chi connectivity index (χ1) is 7.40. The van der Waals surface area contributed by atoms with Crippen LogP contribution in [0, 0.1) is 0 Å². The smallest absolute Gasteiger partial charge is 0.264 e. The third-order valence-corrected chi connectivity index (χ3v) is 2.47. The Bertz CT molecular complexity index is 360. The topological polar surface area (TPSA) is 90.0 Å². The highest BCUT2D eigenvalue weighted by Crippen LogP contribution is 2.02. The lowest BCUT2D eigenvalue weighted by atomic mass is 10.3. The number of carbonyl (C=O) groups is 2. The van der Waals surface area contributed by atoms with Crippen molar-refractivity contribution in [3.05, 3.63) is 0 Å². The van der Waals surface area contributed by atoms with E-state index in [1.807, 2.05) is 0 Å². The summed E-state index contributed by atoms with van der Waals surface area (Å²) in [4.78, 5) is 23.5. The van der Waals surface area contributed by atoms with Crippen molar-refractivity contribution in [3.63, 3.8) is 0 Å². The largest absolute Gasteiger partial charge is 0.362 e. The molecule has 0 spiro atoms. The van der Waals surface area contributed by atoms with Gasteiger partial charge in [-0.3, -0.25) is 18.7 Å². The van der Waals surface area contributed by atoms with E-state index in [0.29, 0.717) is 0 Å². The molecule has 1 rings (SSSR count). The fraction of sp³-hybridized carbons (Fsp3) is 0.750. The average molecular weight is 251 g/mol. The van der Waals surface area contributed by atoms with Crippen LogP contribution in [0.3, 0.4) is 0 Å². The SMILES string of the molecule is CS(=O)(=O)OCCCN1C(=O)COCC1=O. The van der Waals surface area contributed by atoms with E-state index in [-0.39, 0.29) is 32.8 Å². The average Bonchev–Trinajstić information content (AvgIpc) is 2.14. The van der Waals surface area contributed by atoms with E-state index in [2.05, 4.69) is 4.18 Å². The molecule has 1 aliphatic heterocycles. The van der Waals surface area contributed by atoms with Crippen LogP contribution in [0.5, 0.6) is 0 Å². The van der Waals surface area contributed by atoms with E-state index in [1.54, 1.807) is 0 Å². The summed E-state index contributed by atoms with van der Waals surface area (Å²) < 4.78 is 30.4. The van der Waals surface area contributed by atoms with Gasteiger partial charge in [0.15, 0.2) is 0 Å². The number of hydrogen-bond donors (Lipinski definition) is 0. The van der Waals surface area contributed by atoms with Crippen LogP contribution in [0.4, 0.5) is 0 Å². The summed E-state index contributed by atoms with van der Waals surface area (Å²) in [6.07, 6.45) is 1.22. The lowest BCUT2D eigenvalue weighted by Crippen LogP contribution is -2.46. The highest BCUT2D eigenvalue weighted by atomic mass is 32.2. The quantitative estimate of drug-likeness (QED) is 0.344. The summed E-state index contributed by atoms with van der Waals surface area (Å²) in [6, 6.07) is 0. The summed E-state index contributed by atoms with van der Waals surface area (Å²) in [5.74, 6) is -0.814. The Morgan fingerprint density at radius 3 is 2.38 bits per heavy atom. The second-order valence-corrected chi connectivity index (χ2v) is 4.96. The molecule has 0 aromatic carbocycles. The van der Waals surface area contributed by atoms with Crippen molar-refractivity contribution in [1.29, 1.82) is 0 Å². The number of ether oxygens (including phenoxy) is 1. The zero-order valence-corrected chi connectivity index (χ0v) is 9.66. The molecule has 0 radical (unpaired) electrons. The zero-order valence-electron chi connectivity index (χ0n) is 8.84. The second-order valence-electron chi connectivity index (χ2n) is 3.31. The molecule has 0 bridgehead atoms. The van der Waals surface area contributed by atoms with Gasteiger partial charge in [0, 0.05) is 6.54 Å².